The van der Waals surface area contributed by atoms with Crippen LogP contribution >= 0.6 is 11.6 Å². The van der Waals surface area contributed by atoms with Crippen LogP contribution < -0.4 is 15.0 Å². The van der Waals surface area contributed by atoms with Gasteiger partial charge in [-0.2, -0.15) is 0 Å². The summed E-state index contributed by atoms with van der Waals surface area (Å²) >= 11 is 6.05. The molecule has 0 unspecified atom stereocenters. The molecule has 1 N–H and O–H groups in total. The third-order valence-corrected chi connectivity index (χ3v) is 5.18. The number of ether oxygens (including phenoxy) is 1. The third kappa shape index (κ3) is 4.19. The number of aromatic nitrogens is 2. The molecule has 0 saturated carbocycles. The summed E-state index contributed by atoms with van der Waals surface area (Å²) in [5.74, 6) is 0.556. The molecule has 2 amide bonds. The van der Waals surface area contributed by atoms with Crippen LogP contribution in [0, 0.1) is 6.92 Å². The molecular weight excluding hydrogens is 390 g/mol. The lowest BCUT2D eigenvalue weighted by Crippen LogP contribution is -2.50. The molecular formula is C21H22ClN5O2. The molecule has 1 fully saturated rings. The van der Waals surface area contributed by atoms with Crippen LogP contribution in [0.4, 0.5) is 16.3 Å². The quantitative estimate of drug-likeness (QED) is 0.706. The van der Waals surface area contributed by atoms with E-state index in [9.17, 15) is 4.79 Å². The molecule has 1 saturated heterocycles. The molecule has 0 radical (unpaired) electrons. The lowest BCUT2D eigenvalue weighted by molar-refractivity contribution is 0.208. The number of methoxy groups -OCH3 is 1. The SMILES string of the molecule is COc1nc2ccc(Cl)cc2nc1NC(=O)N1CCN(c2cccc(C)c2)CC1. The Morgan fingerprint density at radius 3 is 2.59 bits per heavy atom. The highest BCUT2D eigenvalue weighted by molar-refractivity contribution is 6.31. The van der Waals surface area contributed by atoms with Gasteiger partial charge in [-0.1, -0.05) is 23.7 Å². The van der Waals surface area contributed by atoms with Crippen molar-refractivity contribution >= 4 is 40.2 Å². The van der Waals surface area contributed by atoms with Gasteiger partial charge in [-0.05, 0) is 42.8 Å². The third-order valence-electron chi connectivity index (χ3n) is 4.95. The summed E-state index contributed by atoms with van der Waals surface area (Å²) in [6, 6.07) is 13.4. The van der Waals surface area contributed by atoms with E-state index in [0.717, 1.165) is 13.1 Å². The highest BCUT2D eigenvalue weighted by Crippen LogP contribution is 2.25. The number of fused-ring (bicyclic) bond motifs is 1. The molecule has 0 aliphatic carbocycles. The predicted molar refractivity (Wildman–Crippen MR) is 115 cm³/mol. The van der Waals surface area contributed by atoms with Crippen molar-refractivity contribution in [3.8, 4) is 5.88 Å². The number of urea groups is 1. The number of halogens is 1. The average molecular weight is 412 g/mol. The highest BCUT2D eigenvalue weighted by Gasteiger charge is 2.23. The van der Waals surface area contributed by atoms with Crippen LogP contribution in [0.1, 0.15) is 5.56 Å². The van der Waals surface area contributed by atoms with E-state index in [2.05, 4.69) is 51.4 Å². The topological polar surface area (TPSA) is 70.6 Å². The van der Waals surface area contributed by atoms with Gasteiger partial charge in [-0.25, -0.2) is 14.8 Å². The van der Waals surface area contributed by atoms with Gasteiger partial charge in [0.15, 0.2) is 5.82 Å². The number of amides is 2. The first-order valence-electron chi connectivity index (χ1n) is 9.42. The Kier molecular flexibility index (Phi) is 5.40. The summed E-state index contributed by atoms with van der Waals surface area (Å²) in [5.41, 5.74) is 3.66. The molecule has 8 heteroatoms. The smallest absolute Gasteiger partial charge is 0.323 e. The van der Waals surface area contributed by atoms with E-state index < -0.39 is 0 Å². The van der Waals surface area contributed by atoms with E-state index in [-0.39, 0.29) is 17.7 Å². The predicted octanol–water partition coefficient (Wildman–Crippen LogP) is 3.95. The fraction of sp³-hybridized carbons (Fsp3) is 0.286. The Morgan fingerprint density at radius 1 is 1.07 bits per heavy atom. The molecule has 150 valence electrons. The van der Waals surface area contributed by atoms with E-state index in [1.54, 1.807) is 23.1 Å². The van der Waals surface area contributed by atoms with Crippen molar-refractivity contribution in [2.75, 3.05) is 43.5 Å². The number of hydrogen-bond acceptors (Lipinski definition) is 5. The molecule has 2 heterocycles. The second-order valence-electron chi connectivity index (χ2n) is 6.96. The van der Waals surface area contributed by atoms with Crippen molar-refractivity contribution in [3.63, 3.8) is 0 Å². The standard InChI is InChI=1S/C21H22ClN5O2/c1-14-4-3-5-16(12-14)26-8-10-27(11-9-26)21(28)25-19-20(29-2)24-17-7-6-15(22)13-18(17)23-19/h3-7,12-13H,8-11H2,1-2H3,(H,23,25,28). The van der Waals surface area contributed by atoms with Crippen LogP contribution in [0.15, 0.2) is 42.5 Å². The Balaban J connectivity index is 1.46. The first-order valence-corrected chi connectivity index (χ1v) is 9.80. The second kappa shape index (κ2) is 8.13. The summed E-state index contributed by atoms with van der Waals surface area (Å²) < 4.78 is 5.31. The monoisotopic (exact) mass is 411 g/mol. The Bertz CT molecular complexity index is 1050. The number of anilines is 2. The molecule has 0 spiro atoms. The van der Waals surface area contributed by atoms with Gasteiger partial charge >= 0.3 is 6.03 Å². The fourth-order valence-corrected chi connectivity index (χ4v) is 3.57. The molecule has 4 rings (SSSR count). The number of nitrogens with zero attached hydrogens (tertiary/aromatic N) is 4. The van der Waals surface area contributed by atoms with Crippen molar-refractivity contribution in [1.82, 2.24) is 14.9 Å². The molecule has 7 nitrogen and oxygen atoms in total. The largest absolute Gasteiger partial charge is 0.478 e. The van der Waals surface area contributed by atoms with Crippen molar-refractivity contribution in [2.24, 2.45) is 0 Å². The van der Waals surface area contributed by atoms with E-state index in [1.165, 1.54) is 18.4 Å². The lowest BCUT2D eigenvalue weighted by Gasteiger charge is -2.36. The maximum Gasteiger partial charge on any atom is 0.323 e. The molecule has 29 heavy (non-hydrogen) atoms. The Morgan fingerprint density at radius 2 is 1.86 bits per heavy atom. The van der Waals surface area contributed by atoms with Crippen molar-refractivity contribution in [2.45, 2.75) is 6.92 Å². The van der Waals surface area contributed by atoms with E-state index >= 15 is 0 Å². The number of aryl methyl sites for hydroxylation is 1. The van der Waals surface area contributed by atoms with E-state index in [4.69, 9.17) is 16.3 Å². The molecule has 0 atom stereocenters. The first-order chi connectivity index (χ1) is 14.0. The zero-order valence-electron chi connectivity index (χ0n) is 16.4. The average Bonchev–Trinajstić information content (AvgIpc) is 2.73. The van der Waals surface area contributed by atoms with Crippen molar-refractivity contribution < 1.29 is 9.53 Å². The van der Waals surface area contributed by atoms with Crippen LogP contribution in [0.3, 0.4) is 0 Å². The van der Waals surface area contributed by atoms with Crippen LogP contribution in [0.5, 0.6) is 5.88 Å². The summed E-state index contributed by atoms with van der Waals surface area (Å²) in [6.07, 6.45) is 0. The first kappa shape index (κ1) is 19.3. The van der Waals surface area contributed by atoms with Crippen LogP contribution in [-0.4, -0.2) is 54.2 Å². The number of piperazine rings is 1. The van der Waals surface area contributed by atoms with Gasteiger partial charge in [-0.15, -0.1) is 0 Å². The number of carbonyl (C=O) groups excluding carboxylic acids is 1. The Labute approximate surface area is 174 Å². The number of carbonyl (C=O) groups is 1. The van der Waals surface area contributed by atoms with Gasteiger partial charge in [0.1, 0.15) is 0 Å². The lowest BCUT2D eigenvalue weighted by atomic mass is 10.2. The van der Waals surface area contributed by atoms with Crippen LogP contribution in [-0.2, 0) is 0 Å². The number of hydrogen-bond donors (Lipinski definition) is 1. The second-order valence-corrected chi connectivity index (χ2v) is 7.39. The summed E-state index contributed by atoms with van der Waals surface area (Å²) in [7, 11) is 1.50. The van der Waals surface area contributed by atoms with Gasteiger partial charge in [-0.3, -0.25) is 5.32 Å². The number of benzene rings is 2. The molecule has 2 aromatic carbocycles. The van der Waals surface area contributed by atoms with Crippen molar-refractivity contribution in [1.29, 1.82) is 0 Å². The molecule has 1 aliphatic heterocycles. The Hall–Kier alpha value is -3.06. The fourth-order valence-electron chi connectivity index (χ4n) is 3.41. The highest BCUT2D eigenvalue weighted by atomic mass is 35.5. The van der Waals surface area contributed by atoms with Gasteiger partial charge in [0.2, 0.25) is 0 Å². The maximum absolute atomic E-state index is 12.8. The maximum atomic E-state index is 12.8. The molecule has 1 aromatic heterocycles. The summed E-state index contributed by atoms with van der Waals surface area (Å²) in [6.45, 7) is 4.86. The summed E-state index contributed by atoms with van der Waals surface area (Å²) in [4.78, 5) is 25.7. The van der Waals surface area contributed by atoms with Gasteiger partial charge in [0, 0.05) is 36.9 Å². The minimum atomic E-state index is -0.220. The number of nitrogens with one attached hydrogen (secondary N) is 1. The van der Waals surface area contributed by atoms with Crippen molar-refractivity contribution in [3.05, 3.63) is 53.1 Å². The summed E-state index contributed by atoms with van der Waals surface area (Å²) in [5, 5.41) is 3.39. The normalized spacial score (nSPS) is 14.2. The van der Waals surface area contributed by atoms with Gasteiger partial charge in [0.05, 0.1) is 18.1 Å². The number of rotatable bonds is 3. The molecule has 0 bridgehead atoms. The van der Waals surface area contributed by atoms with Crippen LogP contribution in [0.25, 0.3) is 11.0 Å². The van der Waals surface area contributed by atoms with E-state index in [0.29, 0.717) is 29.1 Å². The van der Waals surface area contributed by atoms with Gasteiger partial charge < -0.3 is 14.5 Å². The van der Waals surface area contributed by atoms with E-state index in [1.807, 2.05) is 0 Å². The molecule has 1 aliphatic rings. The zero-order valence-corrected chi connectivity index (χ0v) is 17.1. The van der Waals surface area contributed by atoms with Gasteiger partial charge in [0.25, 0.3) is 5.88 Å². The molecule has 3 aromatic rings. The van der Waals surface area contributed by atoms with Crippen LogP contribution in [0.2, 0.25) is 5.02 Å². The minimum Gasteiger partial charge on any atom is -0.478 e. The minimum absolute atomic E-state index is 0.220. The zero-order chi connectivity index (χ0) is 20.4.